The lowest BCUT2D eigenvalue weighted by molar-refractivity contribution is -0.122. The summed E-state index contributed by atoms with van der Waals surface area (Å²) >= 11 is 7.21. The van der Waals surface area contributed by atoms with Crippen LogP contribution in [0.1, 0.15) is 22.5 Å². The molecule has 30 heavy (non-hydrogen) atoms. The highest BCUT2D eigenvalue weighted by atomic mass is 35.5. The van der Waals surface area contributed by atoms with E-state index in [0.29, 0.717) is 27.4 Å². The highest BCUT2D eigenvalue weighted by Gasteiger charge is 2.34. The van der Waals surface area contributed by atoms with Crippen LogP contribution in [0.3, 0.4) is 0 Å². The summed E-state index contributed by atoms with van der Waals surface area (Å²) in [6.45, 7) is 2.31. The Balaban J connectivity index is 1.63. The van der Waals surface area contributed by atoms with Gasteiger partial charge in [0.05, 0.1) is 23.9 Å². The molecule has 1 saturated heterocycles. The quantitative estimate of drug-likeness (QED) is 0.291. The summed E-state index contributed by atoms with van der Waals surface area (Å²) in [5.41, 5.74) is 2.96. The van der Waals surface area contributed by atoms with Crippen molar-refractivity contribution >= 4 is 46.7 Å². The third-order valence-electron chi connectivity index (χ3n) is 4.48. The number of amides is 1. The van der Waals surface area contributed by atoms with E-state index >= 15 is 0 Å². The minimum Gasteiger partial charge on any atom is -0.467 e. The first-order chi connectivity index (χ1) is 14.6. The molecule has 2 heterocycles. The highest BCUT2D eigenvalue weighted by Crippen LogP contribution is 2.34. The normalized spacial score (nSPS) is 17.0. The fraction of sp³-hybridized carbons (Fsp3) is 0.0870. The van der Waals surface area contributed by atoms with E-state index in [0.717, 1.165) is 16.7 Å². The molecule has 1 aliphatic heterocycles. The number of hydrogen-bond acceptors (Lipinski definition) is 5. The number of nitrogens with zero attached hydrogens (tertiary/aromatic N) is 3. The molecule has 1 fully saturated rings. The van der Waals surface area contributed by atoms with Crippen molar-refractivity contribution < 1.29 is 9.21 Å². The molecule has 7 heteroatoms. The number of carbonyl (C=O) groups is 1. The van der Waals surface area contributed by atoms with Crippen LogP contribution in [-0.4, -0.2) is 22.2 Å². The van der Waals surface area contributed by atoms with Gasteiger partial charge >= 0.3 is 0 Å². The maximum absolute atomic E-state index is 13.1. The molecular weight excluding hydrogens is 418 g/mol. The summed E-state index contributed by atoms with van der Waals surface area (Å²) in [6.07, 6.45) is 5.11. The smallest absolute Gasteiger partial charge is 0.267 e. The Morgan fingerprint density at radius 2 is 1.90 bits per heavy atom. The largest absolute Gasteiger partial charge is 0.467 e. The van der Waals surface area contributed by atoms with Crippen LogP contribution in [0.25, 0.3) is 6.08 Å². The van der Waals surface area contributed by atoms with Crippen molar-refractivity contribution in [3.8, 4) is 0 Å². The van der Waals surface area contributed by atoms with Gasteiger partial charge in [0.2, 0.25) is 0 Å². The maximum atomic E-state index is 13.1. The van der Waals surface area contributed by atoms with Crippen molar-refractivity contribution in [1.29, 1.82) is 0 Å². The van der Waals surface area contributed by atoms with Gasteiger partial charge in [-0.3, -0.25) is 9.69 Å². The molecule has 0 atom stereocenters. The number of aryl methyl sites for hydroxylation is 1. The summed E-state index contributed by atoms with van der Waals surface area (Å²) in [5.74, 6) is 0.551. The Hall–Kier alpha value is -3.09. The summed E-state index contributed by atoms with van der Waals surface area (Å²) in [7, 11) is 0. The first-order valence-corrected chi connectivity index (χ1v) is 10.5. The Kier molecular flexibility index (Phi) is 6.16. The van der Waals surface area contributed by atoms with Crippen molar-refractivity contribution in [2.45, 2.75) is 13.5 Å². The summed E-state index contributed by atoms with van der Waals surface area (Å²) in [6, 6.07) is 18.8. The topological polar surface area (TPSA) is 58.2 Å². The Morgan fingerprint density at radius 1 is 1.10 bits per heavy atom. The van der Waals surface area contributed by atoms with E-state index in [-0.39, 0.29) is 5.91 Å². The molecule has 0 unspecified atom stereocenters. The van der Waals surface area contributed by atoms with Crippen molar-refractivity contribution in [1.82, 2.24) is 4.90 Å². The second-order valence-electron chi connectivity index (χ2n) is 6.62. The van der Waals surface area contributed by atoms with Crippen LogP contribution in [0, 0.1) is 6.92 Å². The fourth-order valence-corrected chi connectivity index (χ4v) is 3.92. The molecular formula is C23H18ClN3O2S. The van der Waals surface area contributed by atoms with E-state index in [1.54, 1.807) is 35.6 Å². The van der Waals surface area contributed by atoms with Crippen LogP contribution in [0.15, 0.2) is 86.5 Å². The van der Waals surface area contributed by atoms with Gasteiger partial charge in [0.25, 0.3) is 5.91 Å². The zero-order chi connectivity index (χ0) is 20.9. The standard InChI is InChI=1S/C23H18ClN3O2S/c1-16-5-2-3-6-18(16)13-21-22(28)27(15-20-7-4-12-29-20)23(30-21)26-25-14-17-8-10-19(24)11-9-17/h2-14H,15H2,1H3/b21-13-,25-14+,26-23-. The van der Waals surface area contributed by atoms with Gasteiger partial charge < -0.3 is 4.42 Å². The molecule has 0 spiro atoms. The number of halogens is 1. The van der Waals surface area contributed by atoms with E-state index < -0.39 is 0 Å². The lowest BCUT2D eigenvalue weighted by Gasteiger charge is -2.12. The highest BCUT2D eigenvalue weighted by molar-refractivity contribution is 8.18. The molecule has 2 aromatic carbocycles. The van der Waals surface area contributed by atoms with Crippen LogP contribution in [0.2, 0.25) is 5.02 Å². The minimum absolute atomic E-state index is 0.125. The molecule has 1 aliphatic rings. The SMILES string of the molecule is Cc1ccccc1/C=C1\S/C(=N\N=C\c2ccc(Cl)cc2)N(Cc2ccco2)C1=O. The maximum Gasteiger partial charge on any atom is 0.267 e. The Bertz CT molecular complexity index is 1140. The molecule has 1 aromatic heterocycles. The van der Waals surface area contributed by atoms with E-state index in [2.05, 4.69) is 10.2 Å². The van der Waals surface area contributed by atoms with Gasteiger partial charge in [-0.05, 0) is 65.7 Å². The Morgan fingerprint density at radius 3 is 2.63 bits per heavy atom. The first-order valence-electron chi connectivity index (χ1n) is 9.26. The van der Waals surface area contributed by atoms with Crippen LogP contribution in [0.4, 0.5) is 0 Å². The molecule has 4 rings (SSSR count). The second kappa shape index (κ2) is 9.15. The number of thioether (sulfide) groups is 1. The molecule has 0 N–H and O–H groups in total. The summed E-state index contributed by atoms with van der Waals surface area (Å²) in [5, 5.41) is 9.64. The van der Waals surface area contributed by atoms with Crippen LogP contribution >= 0.6 is 23.4 Å². The molecule has 1 amide bonds. The van der Waals surface area contributed by atoms with E-state index in [1.807, 2.05) is 55.5 Å². The zero-order valence-electron chi connectivity index (χ0n) is 16.2. The van der Waals surface area contributed by atoms with Crippen molar-refractivity contribution in [2.75, 3.05) is 0 Å². The second-order valence-corrected chi connectivity index (χ2v) is 8.06. The number of furan rings is 1. The van der Waals surface area contributed by atoms with Gasteiger partial charge in [-0.25, -0.2) is 0 Å². The van der Waals surface area contributed by atoms with Crippen molar-refractivity contribution in [2.24, 2.45) is 10.2 Å². The van der Waals surface area contributed by atoms with Gasteiger partial charge in [-0.2, -0.15) is 5.10 Å². The number of benzene rings is 2. The summed E-state index contributed by atoms with van der Waals surface area (Å²) in [4.78, 5) is 15.2. The van der Waals surface area contributed by atoms with Crippen LogP contribution in [0.5, 0.6) is 0 Å². The van der Waals surface area contributed by atoms with Crippen LogP contribution < -0.4 is 0 Å². The molecule has 5 nitrogen and oxygen atoms in total. The number of carbonyl (C=O) groups excluding carboxylic acids is 1. The Labute approximate surface area is 183 Å². The lowest BCUT2D eigenvalue weighted by atomic mass is 10.1. The van der Waals surface area contributed by atoms with Gasteiger partial charge in [0.15, 0.2) is 5.17 Å². The third kappa shape index (κ3) is 4.72. The molecule has 0 saturated carbocycles. The monoisotopic (exact) mass is 435 g/mol. The van der Waals surface area contributed by atoms with Gasteiger partial charge in [-0.1, -0.05) is 48.0 Å². The number of hydrogen-bond donors (Lipinski definition) is 0. The van der Waals surface area contributed by atoms with Crippen molar-refractivity contribution in [3.05, 3.63) is 99.3 Å². The van der Waals surface area contributed by atoms with Crippen molar-refractivity contribution in [3.63, 3.8) is 0 Å². The molecule has 3 aromatic rings. The van der Waals surface area contributed by atoms with Crippen LogP contribution in [-0.2, 0) is 11.3 Å². The summed E-state index contributed by atoms with van der Waals surface area (Å²) < 4.78 is 5.42. The van der Waals surface area contributed by atoms with Gasteiger partial charge in [-0.15, -0.1) is 5.10 Å². The van der Waals surface area contributed by atoms with Gasteiger partial charge in [0.1, 0.15) is 5.76 Å². The number of rotatable bonds is 5. The minimum atomic E-state index is -0.125. The zero-order valence-corrected chi connectivity index (χ0v) is 17.7. The molecule has 0 aliphatic carbocycles. The average molecular weight is 436 g/mol. The molecule has 150 valence electrons. The predicted octanol–water partition coefficient (Wildman–Crippen LogP) is 5.75. The van der Waals surface area contributed by atoms with Gasteiger partial charge in [0, 0.05) is 5.02 Å². The lowest BCUT2D eigenvalue weighted by Crippen LogP contribution is -2.28. The van der Waals surface area contributed by atoms with E-state index in [4.69, 9.17) is 16.0 Å². The number of amidine groups is 1. The predicted molar refractivity (Wildman–Crippen MR) is 122 cm³/mol. The molecule has 0 bridgehead atoms. The third-order valence-corrected chi connectivity index (χ3v) is 5.73. The van der Waals surface area contributed by atoms with E-state index in [9.17, 15) is 4.79 Å². The fourth-order valence-electron chi connectivity index (χ4n) is 2.86. The molecule has 0 radical (unpaired) electrons. The van der Waals surface area contributed by atoms with E-state index in [1.165, 1.54) is 11.8 Å². The average Bonchev–Trinajstić information content (AvgIpc) is 3.35. The first kappa shape index (κ1) is 20.2.